The maximum atomic E-state index is 6.23. The third-order valence-electron chi connectivity index (χ3n) is 7.79. The molecule has 2 nitrogen and oxygen atoms in total. The Morgan fingerprint density at radius 3 is 1.14 bits per heavy atom. The molecule has 0 spiro atoms. The van der Waals surface area contributed by atoms with Crippen LogP contribution in [0.2, 0.25) is 0 Å². The van der Waals surface area contributed by atoms with E-state index < -0.39 is 0 Å². The molecule has 0 N–H and O–H groups in total. The molecule has 0 aliphatic rings. The maximum absolute atomic E-state index is 6.23. The van der Waals surface area contributed by atoms with E-state index in [-0.39, 0.29) is 6.29 Å². The quantitative estimate of drug-likeness (QED) is 0.0681. The van der Waals surface area contributed by atoms with E-state index in [1.807, 2.05) is 0 Å². The lowest BCUT2D eigenvalue weighted by molar-refractivity contribution is -0.148. The summed E-state index contributed by atoms with van der Waals surface area (Å²) >= 11 is 0. The monoisotopic (exact) mass is 511 g/mol. The standard InChI is InChI=1S/C34H70O2/c1-5-8-11-13-15-17-22-26-31-35-34(36-32-27-23-18-16-14-12-9-6-2)30-25-21-19-20-24-29-33(4)28-10-7-3/h33-34H,5-32H2,1-4H3. The molecule has 0 aromatic heterocycles. The second kappa shape index (κ2) is 31.1. The van der Waals surface area contributed by atoms with Gasteiger partial charge in [0, 0.05) is 13.2 Å². The van der Waals surface area contributed by atoms with Crippen LogP contribution in [0.25, 0.3) is 0 Å². The van der Waals surface area contributed by atoms with Gasteiger partial charge >= 0.3 is 0 Å². The second-order valence-electron chi connectivity index (χ2n) is 11.7. The van der Waals surface area contributed by atoms with Crippen LogP contribution < -0.4 is 0 Å². The van der Waals surface area contributed by atoms with Crippen molar-refractivity contribution in [3.63, 3.8) is 0 Å². The molecule has 36 heavy (non-hydrogen) atoms. The number of rotatable bonds is 31. The van der Waals surface area contributed by atoms with Gasteiger partial charge in [-0.25, -0.2) is 0 Å². The van der Waals surface area contributed by atoms with Crippen molar-refractivity contribution in [3.05, 3.63) is 0 Å². The first-order valence-corrected chi connectivity index (χ1v) is 17.0. The Kier molecular flexibility index (Phi) is 31.1. The van der Waals surface area contributed by atoms with Gasteiger partial charge in [0.05, 0.1) is 0 Å². The van der Waals surface area contributed by atoms with Crippen molar-refractivity contribution in [1.82, 2.24) is 0 Å². The van der Waals surface area contributed by atoms with Crippen molar-refractivity contribution in [2.45, 2.75) is 201 Å². The molecule has 0 saturated heterocycles. The van der Waals surface area contributed by atoms with Crippen LogP contribution in [-0.4, -0.2) is 19.5 Å². The zero-order valence-electron chi connectivity index (χ0n) is 25.8. The van der Waals surface area contributed by atoms with Gasteiger partial charge in [0.15, 0.2) is 6.29 Å². The van der Waals surface area contributed by atoms with Crippen LogP contribution in [0.4, 0.5) is 0 Å². The molecule has 0 aliphatic heterocycles. The molecule has 0 amide bonds. The highest BCUT2D eigenvalue weighted by Gasteiger charge is 2.09. The molecule has 0 aliphatic carbocycles. The third kappa shape index (κ3) is 28.5. The summed E-state index contributed by atoms with van der Waals surface area (Å²) in [6.07, 6.45) is 35.2. The minimum Gasteiger partial charge on any atom is -0.353 e. The van der Waals surface area contributed by atoms with Crippen LogP contribution in [0.1, 0.15) is 195 Å². The Labute approximate surface area is 229 Å². The predicted octanol–water partition coefficient (Wildman–Crippen LogP) is 12.2. The fraction of sp³-hybridized carbons (Fsp3) is 1.00. The summed E-state index contributed by atoms with van der Waals surface area (Å²) in [6, 6.07) is 0. The van der Waals surface area contributed by atoms with Crippen molar-refractivity contribution >= 4 is 0 Å². The van der Waals surface area contributed by atoms with Gasteiger partial charge in [-0.1, -0.05) is 169 Å². The summed E-state index contributed by atoms with van der Waals surface area (Å²) < 4.78 is 12.5. The van der Waals surface area contributed by atoms with Crippen LogP contribution in [-0.2, 0) is 9.47 Å². The molecule has 0 aromatic carbocycles. The average molecular weight is 511 g/mol. The molecular weight excluding hydrogens is 440 g/mol. The lowest BCUT2D eigenvalue weighted by Crippen LogP contribution is -2.19. The van der Waals surface area contributed by atoms with Crippen molar-refractivity contribution in [2.75, 3.05) is 13.2 Å². The predicted molar refractivity (Wildman–Crippen MR) is 162 cm³/mol. The zero-order valence-corrected chi connectivity index (χ0v) is 25.8. The summed E-state index contributed by atoms with van der Waals surface area (Å²) in [4.78, 5) is 0. The fourth-order valence-corrected chi connectivity index (χ4v) is 5.15. The number of hydrogen-bond donors (Lipinski definition) is 0. The number of ether oxygens (including phenoxy) is 2. The molecule has 1 atom stereocenters. The van der Waals surface area contributed by atoms with Gasteiger partial charge < -0.3 is 9.47 Å². The lowest BCUT2D eigenvalue weighted by atomic mass is 9.97. The van der Waals surface area contributed by atoms with E-state index in [0.29, 0.717) is 0 Å². The number of hydrogen-bond acceptors (Lipinski definition) is 2. The highest BCUT2D eigenvalue weighted by Crippen LogP contribution is 2.18. The Balaban J connectivity index is 3.92. The van der Waals surface area contributed by atoms with Crippen LogP contribution in [0, 0.1) is 5.92 Å². The van der Waals surface area contributed by atoms with Crippen LogP contribution >= 0.6 is 0 Å². The Hall–Kier alpha value is -0.0800. The molecule has 0 aromatic rings. The summed E-state index contributed by atoms with van der Waals surface area (Å²) in [6.45, 7) is 11.1. The summed E-state index contributed by atoms with van der Waals surface area (Å²) in [5.74, 6) is 0.920. The van der Waals surface area contributed by atoms with Crippen LogP contribution in [0.5, 0.6) is 0 Å². The summed E-state index contributed by atoms with van der Waals surface area (Å²) in [5, 5.41) is 0. The minimum atomic E-state index is 0.0353. The molecule has 2 heteroatoms. The minimum absolute atomic E-state index is 0.0353. The second-order valence-corrected chi connectivity index (χ2v) is 11.7. The molecule has 218 valence electrons. The maximum Gasteiger partial charge on any atom is 0.157 e. The SMILES string of the molecule is CCCCCCCCCCOC(CCCCCCCC(C)CCCC)OCCCCCCCCCC. The van der Waals surface area contributed by atoms with Gasteiger partial charge in [0.2, 0.25) is 0 Å². The van der Waals surface area contributed by atoms with Gasteiger partial charge in [-0.3, -0.25) is 0 Å². The van der Waals surface area contributed by atoms with Crippen molar-refractivity contribution in [2.24, 2.45) is 5.92 Å². The fourth-order valence-electron chi connectivity index (χ4n) is 5.15. The lowest BCUT2D eigenvalue weighted by Gasteiger charge is -2.19. The van der Waals surface area contributed by atoms with E-state index in [1.54, 1.807) is 0 Å². The molecular formula is C34H70O2. The highest BCUT2D eigenvalue weighted by atomic mass is 16.7. The molecule has 0 bridgehead atoms. The first kappa shape index (κ1) is 35.9. The van der Waals surface area contributed by atoms with Gasteiger partial charge in [-0.15, -0.1) is 0 Å². The van der Waals surface area contributed by atoms with Crippen LogP contribution in [0.15, 0.2) is 0 Å². The van der Waals surface area contributed by atoms with E-state index in [4.69, 9.17) is 9.47 Å². The normalized spacial score (nSPS) is 12.6. The van der Waals surface area contributed by atoms with Crippen LogP contribution in [0.3, 0.4) is 0 Å². The molecule has 0 radical (unpaired) electrons. The largest absolute Gasteiger partial charge is 0.353 e. The van der Waals surface area contributed by atoms with E-state index in [2.05, 4.69) is 27.7 Å². The zero-order chi connectivity index (χ0) is 26.4. The van der Waals surface area contributed by atoms with Gasteiger partial charge in [-0.05, 0) is 31.6 Å². The van der Waals surface area contributed by atoms with E-state index in [1.165, 1.54) is 161 Å². The first-order chi connectivity index (χ1) is 17.7. The molecule has 0 rings (SSSR count). The Morgan fingerprint density at radius 1 is 0.361 bits per heavy atom. The van der Waals surface area contributed by atoms with E-state index in [9.17, 15) is 0 Å². The molecule has 0 fully saturated rings. The Morgan fingerprint density at radius 2 is 0.694 bits per heavy atom. The van der Waals surface area contributed by atoms with Gasteiger partial charge in [0.25, 0.3) is 0 Å². The van der Waals surface area contributed by atoms with E-state index >= 15 is 0 Å². The van der Waals surface area contributed by atoms with Crippen molar-refractivity contribution in [3.8, 4) is 0 Å². The molecule has 0 saturated carbocycles. The van der Waals surface area contributed by atoms with E-state index in [0.717, 1.165) is 25.6 Å². The summed E-state index contributed by atoms with van der Waals surface area (Å²) in [5.41, 5.74) is 0. The topological polar surface area (TPSA) is 18.5 Å². The van der Waals surface area contributed by atoms with Gasteiger partial charge in [-0.2, -0.15) is 0 Å². The highest BCUT2D eigenvalue weighted by molar-refractivity contribution is 4.56. The van der Waals surface area contributed by atoms with Gasteiger partial charge in [0.1, 0.15) is 0 Å². The number of unbranched alkanes of at least 4 members (excludes halogenated alkanes) is 19. The third-order valence-corrected chi connectivity index (χ3v) is 7.79. The molecule has 0 heterocycles. The van der Waals surface area contributed by atoms with Crippen molar-refractivity contribution in [1.29, 1.82) is 0 Å². The summed E-state index contributed by atoms with van der Waals surface area (Å²) in [7, 11) is 0. The Bertz CT molecular complexity index is 361. The average Bonchev–Trinajstić information content (AvgIpc) is 2.88. The first-order valence-electron chi connectivity index (χ1n) is 17.0. The molecule has 1 unspecified atom stereocenters. The van der Waals surface area contributed by atoms with Crippen molar-refractivity contribution < 1.29 is 9.47 Å². The smallest absolute Gasteiger partial charge is 0.157 e.